The van der Waals surface area contributed by atoms with Gasteiger partial charge in [0.2, 0.25) is 0 Å². The number of hydrogen-bond acceptors (Lipinski definition) is 6. The molecule has 1 atom stereocenters. The van der Waals surface area contributed by atoms with E-state index in [1.165, 1.54) is 0 Å². The molecule has 2 aromatic heterocycles. The number of furan rings is 1. The summed E-state index contributed by atoms with van der Waals surface area (Å²) in [4.78, 5) is 25.4. The van der Waals surface area contributed by atoms with Gasteiger partial charge in [-0.15, -0.1) is 0 Å². The molecule has 0 amide bonds. The third-order valence-electron chi connectivity index (χ3n) is 11.3. The molecule has 0 bridgehead atoms. The molecule has 3 heterocycles. The van der Waals surface area contributed by atoms with E-state index in [0.29, 0.717) is 23.9 Å². The van der Waals surface area contributed by atoms with Gasteiger partial charge >= 0.3 is 0 Å². The summed E-state index contributed by atoms with van der Waals surface area (Å²) in [5.74, 6) is 2.60. The van der Waals surface area contributed by atoms with Crippen LogP contribution < -0.4 is 0 Å². The molecule has 61 heavy (non-hydrogen) atoms. The van der Waals surface area contributed by atoms with Crippen LogP contribution in [0.3, 0.4) is 0 Å². The van der Waals surface area contributed by atoms with Crippen molar-refractivity contribution in [1.82, 2.24) is 15.0 Å². The first-order valence-electron chi connectivity index (χ1n) is 20.5. The van der Waals surface area contributed by atoms with Gasteiger partial charge in [-0.25, -0.2) is 19.9 Å². The lowest BCUT2D eigenvalue weighted by Crippen LogP contribution is -2.17. The maximum atomic E-state index is 6.62. The maximum Gasteiger partial charge on any atom is 0.164 e. The predicted octanol–water partition coefficient (Wildman–Crippen LogP) is 13.5. The van der Waals surface area contributed by atoms with Crippen LogP contribution in [0.15, 0.2) is 221 Å². The standard InChI is InChI=1S/C55H37N5O/c1-5-17-36(18-6-1)47-35-48(57-52(56-47)37-19-7-2-8-20-37)42-27-15-25-40(31-42)44-33-46(51-45-29-13-14-30-49(45)61-50(51)34-44)41-26-16-28-43(32-41)55-59-53(38-21-9-3-10-22-38)58-54(60-55)39-23-11-4-12-24-39/h1-34,48H,35H2. The Morgan fingerprint density at radius 3 is 1.62 bits per heavy atom. The van der Waals surface area contributed by atoms with Gasteiger partial charge in [-0.05, 0) is 63.7 Å². The van der Waals surface area contributed by atoms with Crippen LogP contribution in [0.4, 0.5) is 0 Å². The van der Waals surface area contributed by atoms with Crippen LogP contribution in [0.2, 0.25) is 0 Å². The summed E-state index contributed by atoms with van der Waals surface area (Å²) in [6, 6.07) is 70.7. The first kappa shape index (κ1) is 36.0. The van der Waals surface area contributed by atoms with Crippen molar-refractivity contribution in [3.05, 3.63) is 223 Å². The van der Waals surface area contributed by atoms with Crippen molar-refractivity contribution < 1.29 is 4.42 Å². The Kier molecular flexibility index (Phi) is 9.20. The molecule has 1 aliphatic rings. The number of aliphatic imine (C=N–C) groups is 2. The third kappa shape index (κ3) is 7.10. The summed E-state index contributed by atoms with van der Waals surface area (Å²) in [6.45, 7) is 0. The summed E-state index contributed by atoms with van der Waals surface area (Å²) < 4.78 is 6.62. The molecule has 0 saturated carbocycles. The Bertz CT molecular complexity index is 3210. The van der Waals surface area contributed by atoms with Crippen LogP contribution in [0, 0.1) is 0 Å². The second kappa shape index (κ2) is 15.6. The first-order valence-corrected chi connectivity index (χ1v) is 20.5. The fourth-order valence-electron chi connectivity index (χ4n) is 8.25. The van der Waals surface area contributed by atoms with Gasteiger partial charge in [0, 0.05) is 39.4 Å². The molecule has 11 rings (SSSR count). The molecular weight excluding hydrogens is 747 g/mol. The normalized spacial score (nSPS) is 13.9. The van der Waals surface area contributed by atoms with Crippen molar-refractivity contribution >= 4 is 33.5 Å². The van der Waals surface area contributed by atoms with Gasteiger partial charge < -0.3 is 4.42 Å². The SMILES string of the molecule is c1ccc(C2=NC(c3ccccc3)=NC(c3cccc(-c4cc(-c5cccc(-c6nc(-c7ccccc7)nc(-c7ccccc7)n6)c5)c5c(c4)oc4ccccc45)c3)C2)cc1. The van der Waals surface area contributed by atoms with E-state index in [-0.39, 0.29) is 6.04 Å². The van der Waals surface area contributed by atoms with E-state index in [1.54, 1.807) is 0 Å². The molecule has 0 spiro atoms. The van der Waals surface area contributed by atoms with Crippen LogP contribution in [-0.2, 0) is 0 Å². The molecule has 10 aromatic rings. The molecule has 0 saturated heterocycles. The fraction of sp³-hybridized carbons (Fsp3) is 0.0364. The number of nitrogens with zero attached hydrogens (tertiary/aromatic N) is 5. The lowest BCUT2D eigenvalue weighted by atomic mass is 9.91. The lowest BCUT2D eigenvalue weighted by Gasteiger charge is -2.22. The van der Waals surface area contributed by atoms with E-state index in [0.717, 1.165) is 89.1 Å². The molecule has 288 valence electrons. The summed E-state index contributed by atoms with van der Waals surface area (Å²) in [5, 5.41) is 2.13. The highest BCUT2D eigenvalue weighted by Crippen LogP contribution is 2.42. The van der Waals surface area contributed by atoms with Gasteiger partial charge in [-0.2, -0.15) is 0 Å². The number of aromatic nitrogens is 3. The molecule has 1 aliphatic heterocycles. The average molecular weight is 784 g/mol. The van der Waals surface area contributed by atoms with Crippen LogP contribution >= 0.6 is 0 Å². The Balaban J connectivity index is 1.03. The van der Waals surface area contributed by atoms with Crippen molar-refractivity contribution in [3.63, 3.8) is 0 Å². The topological polar surface area (TPSA) is 76.5 Å². The molecule has 8 aromatic carbocycles. The zero-order chi connectivity index (χ0) is 40.5. The molecule has 6 nitrogen and oxygen atoms in total. The van der Waals surface area contributed by atoms with E-state index in [1.807, 2.05) is 97.1 Å². The average Bonchev–Trinajstić information content (AvgIpc) is 3.73. The minimum Gasteiger partial charge on any atom is -0.456 e. The molecule has 0 radical (unpaired) electrons. The molecule has 0 aliphatic carbocycles. The smallest absolute Gasteiger partial charge is 0.164 e. The number of para-hydroxylation sites is 1. The molecule has 0 fully saturated rings. The van der Waals surface area contributed by atoms with Gasteiger partial charge in [0.05, 0.1) is 11.8 Å². The van der Waals surface area contributed by atoms with Gasteiger partial charge in [0.15, 0.2) is 23.3 Å². The molecule has 6 heteroatoms. The van der Waals surface area contributed by atoms with E-state index < -0.39 is 0 Å². The number of benzene rings is 8. The molecule has 1 unspecified atom stereocenters. The summed E-state index contributed by atoms with van der Waals surface area (Å²) >= 11 is 0. The zero-order valence-corrected chi connectivity index (χ0v) is 33.1. The van der Waals surface area contributed by atoms with Crippen molar-refractivity contribution in [2.75, 3.05) is 0 Å². The monoisotopic (exact) mass is 783 g/mol. The predicted molar refractivity (Wildman–Crippen MR) is 248 cm³/mol. The van der Waals surface area contributed by atoms with Gasteiger partial charge in [0.25, 0.3) is 0 Å². The second-order valence-corrected chi connectivity index (χ2v) is 15.2. The largest absolute Gasteiger partial charge is 0.456 e. The van der Waals surface area contributed by atoms with Crippen molar-refractivity contribution in [1.29, 1.82) is 0 Å². The second-order valence-electron chi connectivity index (χ2n) is 15.2. The van der Waals surface area contributed by atoms with Gasteiger partial charge in [-0.3, -0.25) is 4.99 Å². The Morgan fingerprint density at radius 1 is 0.393 bits per heavy atom. The Hall–Kier alpha value is -8.09. The van der Waals surface area contributed by atoms with Crippen LogP contribution in [0.25, 0.3) is 78.4 Å². The Morgan fingerprint density at radius 2 is 0.934 bits per heavy atom. The van der Waals surface area contributed by atoms with Gasteiger partial charge in [-0.1, -0.05) is 176 Å². The van der Waals surface area contributed by atoms with E-state index in [4.69, 9.17) is 29.4 Å². The Labute approximate surface area is 353 Å². The van der Waals surface area contributed by atoms with Crippen LogP contribution in [0.5, 0.6) is 0 Å². The number of fused-ring (bicyclic) bond motifs is 3. The van der Waals surface area contributed by atoms with E-state index >= 15 is 0 Å². The van der Waals surface area contributed by atoms with Crippen molar-refractivity contribution in [2.45, 2.75) is 12.5 Å². The van der Waals surface area contributed by atoms with Crippen molar-refractivity contribution in [3.8, 4) is 56.4 Å². The maximum absolute atomic E-state index is 6.62. The van der Waals surface area contributed by atoms with Crippen LogP contribution in [0.1, 0.15) is 29.2 Å². The highest BCUT2D eigenvalue weighted by molar-refractivity contribution is 6.15. The highest BCUT2D eigenvalue weighted by atomic mass is 16.3. The quantitative estimate of drug-likeness (QED) is 0.154. The lowest BCUT2D eigenvalue weighted by molar-refractivity contribution is 0.669. The number of hydrogen-bond donors (Lipinski definition) is 0. The number of rotatable bonds is 8. The van der Waals surface area contributed by atoms with E-state index in [2.05, 4.69) is 109 Å². The minimum absolute atomic E-state index is 0.115. The zero-order valence-electron chi connectivity index (χ0n) is 33.1. The first-order chi connectivity index (χ1) is 30.2. The molecule has 0 N–H and O–H groups in total. The minimum atomic E-state index is -0.115. The van der Waals surface area contributed by atoms with Gasteiger partial charge in [0.1, 0.15) is 11.2 Å². The van der Waals surface area contributed by atoms with Crippen LogP contribution in [-0.4, -0.2) is 26.5 Å². The van der Waals surface area contributed by atoms with Crippen molar-refractivity contribution in [2.24, 2.45) is 9.98 Å². The summed E-state index contributed by atoms with van der Waals surface area (Å²) in [6.07, 6.45) is 0.694. The third-order valence-corrected chi connectivity index (χ3v) is 11.3. The molecular formula is C55H37N5O. The van der Waals surface area contributed by atoms with E-state index in [9.17, 15) is 0 Å². The fourth-order valence-corrected chi connectivity index (χ4v) is 8.25. The number of amidine groups is 1. The highest BCUT2D eigenvalue weighted by Gasteiger charge is 2.23. The summed E-state index contributed by atoms with van der Waals surface area (Å²) in [5.41, 5.74) is 12.9. The summed E-state index contributed by atoms with van der Waals surface area (Å²) in [7, 11) is 0.